The molecule has 3 nitrogen and oxygen atoms in total. The van der Waals surface area contributed by atoms with Gasteiger partial charge < -0.3 is 10.6 Å². The van der Waals surface area contributed by atoms with Gasteiger partial charge in [0, 0.05) is 28.6 Å². The SMILES string of the molecule is CN(C(=O)c1ccc(Cl)cc1Br)C1CCC(N)CC1. The average Bonchev–Trinajstić information content (AvgIpc) is 2.38. The van der Waals surface area contributed by atoms with E-state index < -0.39 is 0 Å². The van der Waals surface area contributed by atoms with Crippen LogP contribution < -0.4 is 5.73 Å². The van der Waals surface area contributed by atoms with Crippen molar-refractivity contribution in [1.82, 2.24) is 4.90 Å². The van der Waals surface area contributed by atoms with E-state index in [1.165, 1.54) is 0 Å². The molecule has 1 saturated carbocycles. The molecular formula is C14H18BrClN2O. The van der Waals surface area contributed by atoms with E-state index in [1.54, 1.807) is 18.2 Å². The predicted molar refractivity (Wildman–Crippen MR) is 81.5 cm³/mol. The summed E-state index contributed by atoms with van der Waals surface area (Å²) < 4.78 is 0.740. The van der Waals surface area contributed by atoms with Crippen LogP contribution in [0.2, 0.25) is 5.02 Å². The van der Waals surface area contributed by atoms with Gasteiger partial charge >= 0.3 is 0 Å². The molecule has 19 heavy (non-hydrogen) atoms. The number of carbonyl (C=O) groups is 1. The predicted octanol–water partition coefficient (Wildman–Crippen LogP) is 3.44. The Kier molecular flexibility index (Phi) is 4.87. The first-order valence-electron chi connectivity index (χ1n) is 6.47. The monoisotopic (exact) mass is 344 g/mol. The average molecular weight is 346 g/mol. The first-order valence-corrected chi connectivity index (χ1v) is 7.64. The van der Waals surface area contributed by atoms with E-state index in [1.807, 2.05) is 11.9 Å². The highest BCUT2D eigenvalue weighted by Crippen LogP contribution is 2.26. The summed E-state index contributed by atoms with van der Waals surface area (Å²) in [5.74, 6) is 0.0315. The lowest BCUT2D eigenvalue weighted by molar-refractivity contribution is 0.0689. The van der Waals surface area contributed by atoms with Crippen molar-refractivity contribution in [3.05, 3.63) is 33.3 Å². The van der Waals surface area contributed by atoms with Crippen LogP contribution in [0.3, 0.4) is 0 Å². The highest BCUT2D eigenvalue weighted by atomic mass is 79.9. The Morgan fingerprint density at radius 1 is 1.37 bits per heavy atom. The molecule has 1 fully saturated rings. The second-order valence-corrected chi connectivity index (χ2v) is 6.40. The van der Waals surface area contributed by atoms with Crippen LogP contribution in [0.4, 0.5) is 0 Å². The number of benzene rings is 1. The number of amides is 1. The number of carbonyl (C=O) groups excluding carboxylic acids is 1. The van der Waals surface area contributed by atoms with E-state index >= 15 is 0 Å². The van der Waals surface area contributed by atoms with Crippen LogP contribution in [0.1, 0.15) is 36.0 Å². The first-order chi connectivity index (χ1) is 8.99. The maximum Gasteiger partial charge on any atom is 0.254 e. The van der Waals surface area contributed by atoms with Gasteiger partial charge in [-0.15, -0.1) is 0 Å². The molecule has 0 atom stereocenters. The quantitative estimate of drug-likeness (QED) is 0.892. The molecule has 2 rings (SSSR count). The topological polar surface area (TPSA) is 46.3 Å². The summed E-state index contributed by atoms with van der Waals surface area (Å²) >= 11 is 9.29. The molecule has 0 aromatic heterocycles. The van der Waals surface area contributed by atoms with Crippen molar-refractivity contribution in [3.63, 3.8) is 0 Å². The van der Waals surface area contributed by atoms with Crippen molar-refractivity contribution in [2.45, 2.75) is 37.8 Å². The summed E-state index contributed by atoms with van der Waals surface area (Å²) in [7, 11) is 1.87. The normalized spacial score (nSPS) is 23.2. The van der Waals surface area contributed by atoms with Gasteiger partial charge in [0.25, 0.3) is 5.91 Å². The fourth-order valence-electron chi connectivity index (χ4n) is 2.51. The Balaban J connectivity index is 2.10. The number of nitrogens with zero attached hydrogens (tertiary/aromatic N) is 1. The van der Waals surface area contributed by atoms with Crippen LogP contribution in [0.15, 0.2) is 22.7 Å². The molecule has 1 aromatic rings. The van der Waals surface area contributed by atoms with Gasteiger partial charge in [0.15, 0.2) is 0 Å². The van der Waals surface area contributed by atoms with Gasteiger partial charge in [-0.2, -0.15) is 0 Å². The zero-order valence-electron chi connectivity index (χ0n) is 10.9. The maximum atomic E-state index is 12.5. The fourth-order valence-corrected chi connectivity index (χ4v) is 3.36. The van der Waals surface area contributed by atoms with Crippen LogP contribution in [0, 0.1) is 0 Å². The molecule has 1 aliphatic carbocycles. The Bertz CT molecular complexity index is 473. The molecular weight excluding hydrogens is 328 g/mol. The van der Waals surface area contributed by atoms with Crippen LogP contribution in [-0.4, -0.2) is 29.9 Å². The number of nitrogens with two attached hydrogens (primary N) is 1. The molecule has 5 heteroatoms. The minimum atomic E-state index is 0.0315. The third-order valence-corrected chi connectivity index (χ3v) is 4.66. The van der Waals surface area contributed by atoms with E-state index in [0.29, 0.717) is 16.6 Å². The molecule has 2 N–H and O–H groups in total. The lowest BCUT2D eigenvalue weighted by Gasteiger charge is -2.33. The van der Waals surface area contributed by atoms with Crippen molar-refractivity contribution in [1.29, 1.82) is 0 Å². The molecule has 0 spiro atoms. The molecule has 0 radical (unpaired) electrons. The van der Waals surface area contributed by atoms with E-state index in [9.17, 15) is 4.79 Å². The summed E-state index contributed by atoms with van der Waals surface area (Å²) in [6.45, 7) is 0. The van der Waals surface area contributed by atoms with E-state index in [0.717, 1.165) is 30.2 Å². The Morgan fingerprint density at radius 3 is 2.58 bits per heavy atom. The van der Waals surface area contributed by atoms with E-state index in [2.05, 4.69) is 15.9 Å². The van der Waals surface area contributed by atoms with Crippen LogP contribution in [0.25, 0.3) is 0 Å². The standard InChI is InChI=1S/C14H18BrClN2O/c1-18(11-5-3-10(17)4-6-11)14(19)12-7-2-9(16)8-13(12)15/h2,7-8,10-11H,3-6,17H2,1H3. The van der Waals surface area contributed by atoms with E-state index in [4.69, 9.17) is 17.3 Å². The molecule has 0 aliphatic heterocycles. The number of rotatable bonds is 2. The largest absolute Gasteiger partial charge is 0.339 e. The summed E-state index contributed by atoms with van der Waals surface area (Å²) in [4.78, 5) is 14.3. The second-order valence-electron chi connectivity index (χ2n) is 5.11. The number of halogens is 2. The molecule has 104 valence electrons. The zero-order valence-corrected chi connectivity index (χ0v) is 13.2. The van der Waals surface area contributed by atoms with Crippen molar-refractivity contribution >= 4 is 33.4 Å². The summed E-state index contributed by atoms with van der Waals surface area (Å²) in [5.41, 5.74) is 6.55. The Labute approximate surface area is 127 Å². The molecule has 0 saturated heterocycles. The zero-order chi connectivity index (χ0) is 14.0. The Hall–Kier alpha value is -0.580. The smallest absolute Gasteiger partial charge is 0.254 e. The van der Waals surface area contributed by atoms with Gasteiger partial charge in [-0.25, -0.2) is 0 Å². The molecule has 0 heterocycles. The Morgan fingerprint density at radius 2 is 2.00 bits per heavy atom. The molecule has 1 amide bonds. The van der Waals surface area contributed by atoms with Crippen molar-refractivity contribution < 1.29 is 4.79 Å². The maximum absolute atomic E-state index is 12.5. The lowest BCUT2D eigenvalue weighted by atomic mass is 9.90. The van der Waals surface area contributed by atoms with Gasteiger partial charge in [0.05, 0.1) is 5.56 Å². The minimum absolute atomic E-state index is 0.0315. The third-order valence-electron chi connectivity index (χ3n) is 3.77. The summed E-state index contributed by atoms with van der Waals surface area (Å²) in [6.07, 6.45) is 3.94. The van der Waals surface area contributed by atoms with Crippen LogP contribution >= 0.6 is 27.5 Å². The van der Waals surface area contributed by atoms with Gasteiger partial charge in [0.1, 0.15) is 0 Å². The fraction of sp³-hybridized carbons (Fsp3) is 0.500. The van der Waals surface area contributed by atoms with E-state index in [-0.39, 0.29) is 11.9 Å². The second kappa shape index (κ2) is 6.25. The molecule has 0 unspecified atom stereocenters. The van der Waals surface area contributed by atoms with Crippen molar-refractivity contribution in [2.75, 3.05) is 7.05 Å². The summed E-state index contributed by atoms with van der Waals surface area (Å²) in [6, 6.07) is 5.83. The van der Waals surface area contributed by atoms with Gasteiger partial charge in [-0.1, -0.05) is 11.6 Å². The first kappa shape index (κ1) is 14.8. The third kappa shape index (κ3) is 3.50. The highest BCUT2D eigenvalue weighted by Gasteiger charge is 2.26. The van der Waals surface area contributed by atoms with Crippen LogP contribution in [0.5, 0.6) is 0 Å². The van der Waals surface area contributed by atoms with Crippen molar-refractivity contribution in [3.8, 4) is 0 Å². The minimum Gasteiger partial charge on any atom is -0.339 e. The van der Waals surface area contributed by atoms with Gasteiger partial charge in [0.2, 0.25) is 0 Å². The van der Waals surface area contributed by atoms with Gasteiger partial charge in [-0.3, -0.25) is 4.79 Å². The number of hydrogen-bond acceptors (Lipinski definition) is 2. The highest BCUT2D eigenvalue weighted by molar-refractivity contribution is 9.10. The van der Waals surface area contributed by atoms with Crippen LogP contribution in [-0.2, 0) is 0 Å². The van der Waals surface area contributed by atoms with Gasteiger partial charge in [-0.05, 0) is 59.8 Å². The van der Waals surface area contributed by atoms with Crippen molar-refractivity contribution in [2.24, 2.45) is 5.73 Å². The number of hydrogen-bond donors (Lipinski definition) is 1. The molecule has 1 aliphatic rings. The molecule has 0 bridgehead atoms. The molecule has 1 aromatic carbocycles. The summed E-state index contributed by atoms with van der Waals surface area (Å²) in [5, 5.41) is 0.620. The lowest BCUT2D eigenvalue weighted by Crippen LogP contribution is -2.41.